The van der Waals surface area contributed by atoms with Gasteiger partial charge in [-0.25, -0.2) is 4.79 Å². The number of nitrogens with one attached hydrogen (secondary N) is 1. The van der Waals surface area contributed by atoms with Crippen molar-refractivity contribution in [1.29, 1.82) is 0 Å². The largest absolute Gasteiger partial charge is 0.326 e. The minimum Gasteiger partial charge on any atom is -0.306 e. The van der Waals surface area contributed by atoms with Crippen molar-refractivity contribution in [3.8, 4) is 0 Å². The Morgan fingerprint density at radius 3 is 2.84 bits per heavy atom. The first-order chi connectivity index (χ1) is 9.08. The summed E-state index contributed by atoms with van der Waals surface area (Å²) in [6.07, 6.45) is 3.31. The third-order valence-electron chi connectivity index (χ3n) is 2.78. The van der Waals surface area contributed by atoms with Gasteiger partial charge in [-0.05, 0) is 36.8 Å². The van der Waals surface area contributed by atoms with E-state index in [1.54, 1.807) is 37.6 Å². The zero-order chi connectivity index (χ0) is 13.8. The van der Waals surface area contributed by atoms with Gasteiger partial charge in [-0.1, -0.05) is 17.7 Å². The van der Waals surface area contributed by atoms with Crippen LogP contribution in [-0.2, 0) is 0 Å². The normalized spacial score (nSPS) is 10.1. The smallest absolute Gasteiger partial charge is 0.306 e. The van der Waals surface area contributed by atoms with Gasteiger partial charge in [0, 0.05) is 24.0 Å². The van der Waals surface area contributed by atoms with Gasteiger partial charge < -0.3 is 5.32 Å². The summed E-state index contributed by atoms with van der Waals surface area (Å²) in [5.74, 6) is 0. The van der Waals surface area contributed by atoms with Gasteiger partial charge in [-0.2, -0.15) is 0 Å². The van der Waals surface area contributed by atoms with E-state index in [0.29, 0.717) is 10.7 Å². The molecule has 0 bridgehead atoms. The number of rotatable bonds is 2. The maximum atomic E-state index is 12.1. The molecule has 5 heteroatoms. The van der Waals surface area contributed by atoms with E-state index in [1.165, 1.54) is 4.90 Å². The Kier molecular flexibility index (Phi) is 4.02. The molecule has 1 N–H and O–H groups in total. The number of nitrogens with zero attached hydrogens (tertiary/aromatic N) is 2. The summed E-state index contributed by atoms with van der Waals surface area (Å²) in [6.45, 7) is 1.91. The second kappa shape index (κ2) is 5.71. The lowest BCUT2D eigenvalue weighted by Gasteiger charge is -2.18. The minimum atomic E-state index is -0.238. The summed E-state index contributed by atoms with van der Waals surface area (Å²) < 4.78 is 0. The maximum absolute atomic E-state index is 12.1. The number of aryl methyl sites for hydroxylation is 1. The van der Waals surface area contributed by atoms with E-state index >= 15 is 0 Å². The van der Waals surface area contributed by atoms with Crippen molar-refractivity contribution in [2.24, 2.45) is 0 Å². The van der Waals surface area contributed by atoms with E-state index in [-0.39, 0.29) is 6.03 Å². The highest BCUT2D eigenvalue weighted by atomic mass is 35.5. The highest BCUT2D eigenvalue weighted by Gasteiger charge is 2.12. The SMILES string of the molecule is Cc1ccncc1NC(=O)N(C)c1cccc(Cl)c1. The van der Waals surface area contributed by atoms with Gasteiger partial charge in [0.2, 0.25) is 0 Å². The Balaban J connectivity index is 2.14. The number of hydrogen-bond donors (Lipinski definition) is 1. The molecule has 0 aliphatic rings. The Bertz CT molecular complexity index is 601. The van der Waals surface area contributed by atoms with E-state index in [9.17, 15) is 4.79 Å². The number of halogens is 1. The molecule has 2 amide bonds. The standard InChI is InChI=1S/C14H14ClN3O/c1-10-6-7-16-9-13(10)17-14(19)18(2)12-5-3-4-11(15)8-12/h3-9H,1-2H3,(H,17,19). The number of aromatic nitrogens is 1. The number of pyridine rings is 1. The van der Waals surface area contributed by atoms with Gasteiger partial charge in [0.25, 0.3) is 0 Å². The van der Waals surface area contributed by atoms with Crippen molar-refractivity contribution in [1.82, 2.24) is 4.98 Å². The fraction of sp³-hybridized carbons (Fsp3) is 0.143. The molecule has 0 atom stereocenters. The molecule has 2 rings (SSSR count). The number of anilines is 2. The molecule has 4 nitrogen and oxygen atoms in total. The van der Waals surface area contributed by atoms with Crippen LogP contribution in [0, 0.1) is 6.92 Å². The molecule has 1 heterocycles. The summed E-state index contributed by atoms with van der Waals surface area (Å²) in [5.41, 5.74) is 2.38. The number of carbonyl (C=O) groups excluding carboxylic acids is 1. The van der Waals surface area contributed by atoms with Crippen molar-refractivity contribution in [2.75, 3.05) is 17.3 Å². The van der Waals surface area contributed by atoms with Crippen LogP contribution in [0.5, 0.6) is 0 Å². The molecular weight excluding hydrogens is 262 g/mol. The minimum absolute atomic E-state index is 0.238. The van der Waals surface area contributed by atoms with Crippen LogP contribution in [0.25, 0.3) is 0 Å². The first-order valence-corrected chi connectivity index (χ1v) is 6.16. The van der Waals surface area contributed by atoms with Crippen LogP contribution in [0.1, 0.15) is 5.56 Å². The van der Waals surface area contributed by atoms with E-state index in [2.05, 4.69) is 10.3 Å². The van der Waals surface area contributed by atoms with E-state index in [4.69, 9.17) is 11.6 Å². The summed E-state index contributed by atoms with van der Waals surface area (Å²) >= 11 is 5.91. The van der Waals surface area contributed by atoms with Crippen LogP contribution in [0.3, 0.4) is 0 Å². The predicted octanol–water partition coefficient (Wildman–Crippen LogP) is 3.71. The highest BCUT2D eigenvalue weighted by Crippen LogP contribution is 2.19. The average Bonchev–Trinajstić information content (AvgIpc) is 2.40. The molecule has 1 aromatic carbocycles. The zero-order valence-electron chi connectivity index (χ0n) is 10.7. The van der Waals surface area contributed by atoms with Gasteiger partial charge in [0.15, 0.2) is 0 Å². The third-order valence-corrected chi connectivity index (χ3v) is 3.02. The van der Waals surface area contributed by atoms with E-state index in [1.807, 2.05) is 19.1 Å². The fourth-order valence-corrected chi connectivity index (χ4v) is 1.78. The number of amides is 2. The second-order valence-corrected chi connectivity index (χ2v) is 4.60. The van der Waals surface area contributed by atoms with Crippen LogP contribution in [0.2, 0.25) is 5.02 Å². The molecule has 0 aliphatic carbocycles. The number of urea groups is 1. The topological polar surface area (TPSA) is 45.2 Å². The Hall–Kier alpha value is -2.07. The first-order valence-electron chi connectivity index (χ1n) is 5.79. The van der Waals surface area contributed by atoms with Crippen LogP contribution in [0.4, 0.5) is 16.2 Å². The predicted molar refractivity (Wildman–Crippen MR) is 77.8 cm³/mol. The molecular formula is C14H14ClN3O. The molecule has 0 radical (unpaired) electrons. The summed E-state index contributed by atoms with van der Waals surface area (Å²) in [6, 6.07) is 8.73. The van der Waals surface area contributed by atoms with Gasteiger partial charge >= 0.3 is 6.03 Å². The Morgan fingerprint density at radius 2 is 2.16 bits per heavy atom. The quantitative estimate of drug-likeness (QED) is 0.908. The maximum Gasteiger partial charge on any atom is 0.326 e. The summed E-state index contributed by atoms with van der Waals surface area (Å²) in [5, 5.41) is 3.40. The van der Waals surface area contributed by atoms with Gasteiger partial charge in [-0.15, -0.1) is 0 Å². The third kappa shape index (κ3) is 3.23. The Morgan fingerprint density at radius 1 is 1.37 bits per heavy atom. The lowest BCUT2D eigenvalue weighted by molar-refractivity contribution is 0.258. The van der Waals surface area contributed by atoms with Crippen molar-refractivity contribution < 1.29 is 4.79 Å². The highest BCUT2D eigenvalue weighted by molar-refractivity contribution is 6.30. The number of hydrogen-bond acceptors (Lipinski definition) is 2. The molecule has 0 spiro atoms. The molecule has 19 heavy (non-hydrogen) atoms. The van der Waals surface area contributed by atoms with Gasteiger partial charge in [0.05, 0.1) is 11.9 Å². The fourth-order valence-electron chi connectivity index (χ4n) is 1.60. The molecule has 98 valence electrons. The van der Waals surface area contributed by atoms with Crippen molar-refractivity contribution in [3.63, 3.8) is 0 Å². The van der Waals surface area contributed by atoms with Crippen LogP contribution in [-0.4, -0.2) is 18.1 Å². The van der Waals surface area contributed by atoms with Crippen molar-refractivity contribution in [2.45, 2.75) is 6.92 Å². The first kappa shape index (κ1) is 13.4. The average molecular weight is 276 g/mol. The van der Waals surface area contributed by atoms with E-state index < -0.39 is 0 Å². The number of carbonyl (C=O) groups is 1. The van der Waals surface area contributed by atoms with Crippen molar-refractivity contribution in [3.05, 3.63) is 53.3 Å². The lowest BCUT2D eigenvalue weighted by Crippen LogP contribution is -2.31. The number of benzene rings is 1. The lowest BCUT2D eigenvalue weighted by atomic mass is 10.2. The molecule has 0 saturated heterocycles. The van der Waals surface area contributed by atoms with Gasteiger partial charge in [0.1, 0.15) is 0 Å². The summed E-state index contributed by atoms with van der Waals surface area (Å²) in [4.78, 5) is 17.6. The van der Waals surface area contributed by atoms with Crippen LogP contribution in [0.15, 0.2) is 42.7 Å². The van der Waals surface area contributed by atoms with Crippen molar-refractivity contribution >= 4 is 29.0 Å². The second-order valence-electron chi connectivity index (χ2n) is 4.16. The molecule has 0 fully saturated rings. The Labute approximate surface area is 117 Å². The molecule has 2 aromatic rings. The monoisotopic (exact) mass is 275 g/mol. The zero-order valence-corrected chi connectivity index (χ0v) is 11.5. The van der Waals surface area contributed by atoms with Gasteiger partial charge in [-0.3, -0.25) is 9.88 Å². The molecule has 0 unspecified atom stereocenters. The van der Waals surface area contributed by atoms with Crippen LogP contribution >= 0.6 is 11.6 Å². The summed E-state index contributed by atoms with van der Waals surface area (Å²) in [7, 11) is 1.69. The van der Waals surface area contributed by atoms with Crippen LogP contribution < -0.4 is 10.2 Å². The van der Waals surface area contributed by atoms with E-state index in [0.717, 1.165) is 11.3 Å². The molecule has 0 aliphatic heterocycles. The molecule has 1 aromatic heterocycles. The molecule has 0 saturated carbocycles.